The Morgan fingerprint density at radius 1 is 1.25 bits per heavy atom. The van der Waals surface area contributed by atoms with E-state index in [0.717, 1.165) is 5.56 Å². The van der Waals surface area contributed by atoms with Crippen LogP contribution in [0.2, 0.25) is 0 Å². The van der Waals surface area contributed by atoms with Crippen molar-refractivity contribution in [3.05, 3.63) is 39.4 Å². The third kappa shape index (κ3) is 4.92. The third-order valence-corrected chi connectivity index (χ3v) is 3.86. The molecule has 1 fully saturated rings. The van der Waals surface area contributed by atoms with Crippen LogP contribution in [0.1, 0.15) is 31.9 Å². The van der Waals surface area contributed by atoms with Crippen molar-refractivity contribution in [3.63, 3.8) is 0 Å². The van der Waals surface area contributed by atoms with E-state index in [2.05, 4.69) is 4.90 Å². The summed E-state index contributed by atoms with van der Waals surface area (Å²) in [5.74, 6) is 0. The molecule has 1 aromatic rings. The summed E-state index contributed by atoms with van der Waals surface area (Å²) in [5.41, 5.74) is 1.23. The maximum Gasteiger partial charge on any atom is 0.410 e. The Hall–Kier alpha value is -2.15. The summed E-state index contributed by atoms with van der Waals surface area (Å²) in [6.45, 7) is 10.4. The fraction of sp³-hybridized carbons (Fsp3) is 0.588. The Balaban J connectivity index is 1.94. The minimum atomic E-state index is -0.503. The van der Waals surface area contributed by atoms with Crippen LogP contribution in [-0.4, -0.2) is 52.6 Å². The first kappa shape index (κ1) is 18.2. The molecule has 1 aliphatic rings. The van der Waals surface area contributed by atoms with Crippen molar-refractivity contribution in [2.75, 3.05) is 26.2 Å². The Morgan fingerprint density at radius 2 is 1.88 bits per heavy atom. The van der Waals surface area contributed by atoms with Crippen LogP contribution in [0.5, 0.6) is 0 Å². The van der Waals surface area contributed by atoms with Crippen molar-refractivity contribution in [2.45, 2.75) is 39.8 Å². The van der Waals surface area contributed by atoms with Crippen LogP contribution in [0.25, 0.3) is 0 Å². The van der Waals surface area contributed by atoms with Crippen LogP contribution in [0.15, 0.2) is 18.2 Å². The molecule has 0 aromatic heterocycles. The molecule has 24 heavy (non-hydrogen) atoms. The summed E-state index contributed by atoms with van der Waals surface area (Å²) in [4.78, 5) is 26.7. The Bertz CT molecular complexity index is 617. The molecule has 1 heterocycles. The number of ether oxygens (including phenoxy) is 1. The van der Waals surface area contributed by atoms with Crippen LogP contribution >= 0.6 is 0 Å². The molecule has 0 N–H and O–H groups in total. The highest BCUT2D eigenvalue weighted by molar-refractivity contribution is 5.68. The smallest absolute Gasteiger partial charge is 0.410 e. The molecule has 7 nitrogen and oxygen atoms in total. The molecule has 2 rings (SSSR count). The largest absolute Gasteiger partial charge is 0.444 e. The topological polar surface area (TPSA) is 75.9 Å². The summed E-state index contributed by atoms with van der Waals surface area (Å²) >= 11 is 0. The lowest BCUT2D eigenvalue weighted by Gasteiger charge is -2.35. The van der Waals surface area contributed by atoms with E-state index in [1.165, 1.54) is 0 Å². The predicted molar refractivity (Wildman–Crippen MR) is 90.9 cm³/mol. The zero-order valence-electron chi connectivity index (χ0n) is 14.7. The molecule has 0 aliphatic carbocycles. The van der Waals surface area contributed by atoms with Gasteiger partial charge in [0.2, 0.25) is 0 Å². The molecule has 0 unspecified atom stereocenters. The van der Waals surface area contributed by atoms with Gasteiger partial charge in [0.05, 0.1) is 4.92 Å². The molecule has 1 saturated heterocycles. The molecule has 1 aromatic carbocycles. The normalized spacial score (nSPS) is 16.1. The molecule has 0 radical (unpaired) electrons. The van der Waals surface area contributed by atoms with E-state index in [4.69, 9.17) is 4.74 Å². The standard InChI is InChI=1S/C17H25N3O4/c1-13-5-6-14(15(11-13)20(22)23)12-18-7-9-19(10-8-18)16(21)24-17(2,3)4/h5-6,11H,7-10,12H2,1-4H3. The molecule has 0 atom stereocenters. The maximum absolute atomic E-state index is 12.1. The van der Waals surface area contributed by atoms with Gasteiger partial charge in [-0.05, 0) is 33.3 Å². The number of piperazine rings is 1. The molecule has 7 heteroatoms. The molecule has 1 amide bonds. The number of amides is 1. The van der Waals surface area contributed by atoms with E-state index < -0.39 is 5.60 Å². The van der Waals surface area contributed by atoms with E-state index in [-0.39, 0.29) is 16.7 Å². The van der Waals surface area contributed by atoms with Crippen molar-refractivity contribution in [1.29, 1.82) is 0 Å². The average molecular weight is 335 g/mol. The van der Waals surface area contributed by atoms with Gasteiger partial charge in [0, 0.05) is 44.4 Å². The van der Waals surface area contributed by atoms with Gasteiger partial charge in [0.1, 0.15) is 5.60 Å². The van der Waals surface area contributed by atoms with Gasteiger partial charge in [0.15, 0.2) is 0 Å². The quantitative estimate of drug-likeness (QED) is 0.627. The highest BCUT2D eigenvalue weighted by atomic mass is 16.6. The van der Waals surface area contributed by atoms with E-state index >= 15 is 0 Å². The van der Waals surface area contributed by atoms with Crippen LogP contribution < -0.4 is 0 Å². The fourth-order valence-corrected chi connectivity index (χ4v) is 2.63. The second-order valence-electron chi connectivity index (χ2n) is 7.13. The van der Waals surface area contributed by atoms with Crippen LogP contribution in [0, 0.1) is 17.0 Å². The summed E-state index contributed by atoms with van der Waals surface area (Å²) in [6.07, 6.45) is -0.302. The van der Waals surface area contributed by atoms with Crippen LogP contribution in [0.4, 0.5) is 10.5 Å². The first-order chi connectivity index (χ1) is 11.2. The molecule has 0 bridgehead atoms. The van der Waals surface area contributed by atoms with Gasteiger partial charge < -0.3 is 9.64 Å². The lowest BCUT2D eigenvalue weighted by molar-refractivity contribution is -0.385. The van der Waals surface area contributed by atoms with Crippen LogP contribution in [0.3, 0.4) is 0 Å². The Labute approximate surface area is 142 Å². The Kier molecular flexibility index (Phi) is 5.43. The molecular weight excluding hydrogens is 310 g/mol. The minimum Gasteiger partial charge on any atom is -0.444 e. The van der Waals surface area contributed by atoms with Crippen molar-refractivity contribution < 1.29 is 14.5 Å². The lowest BCUT2D eigenvalue weighted by Crippen LogP contribution is -2.49. The number of hydrogen-bond acceptors (Lipinski definition) is 5. The van der Waals surface area contributed by atoms with Crippen molar-refractivity contribution in [1.82, 2.24) is 9.80 Å². The summed E-state index contributed by atoms with van der Waals surface area (Å²) in [7, 11) is 0. The van der Waals surface area contributed by atoms with E-state index in [1.807, 2.05) is 39.8 Å². The molecule has 0 saturated carbocycles. The predicted octanol–water partition coefficient (Wildman–Crippen LogP) is 2.96. The summed E-state index contributed by atoms with van der Waals surface area (Å²) < 4.78 is 5.37. The van der Waals surface area contributed by atoms with E-state index in [1.54, 1.807) is 11.0 Å². The number of nitro groups is 1. The van der Waals surface area contributed by atoms with Gasteiger partial charge in [-0.2, -0.15) is 0 Å². The molecular formula is C17H25N3O4. The van der Waals surface area contributed by atoms with Gasteiger partial charge in [-0.25, -0.2) is 4.79 Å². The second-order valence-corrected chi connectivity index (χ2v) is 7.13. The summed E-state index contributed by atoms with van der Waals surface area (Å²) in [6, 6.07) is 5.30. The second kappa shape index (κ2) is 7.17. The zero-order chi connectivity index (χ0) is 17.9. The Morgan fingerprint density at radius 3 is 2.42 bits per heavy atom. The van der Waals surface area contributed by atoms with Gasteiger partial charge in [-0.15, -0.1) is 0 Å². The highest BCUT2D eigenvalue weighted by Crippen LogP contribution is 2.22. The van der Waals surface area contributed by atoms with E-state index in [9.17, 15) is 14.9 Å². The van der Waals surface area contributed by atoms with Crippen molar-refractivity contribution in [2.24, 2.45) is 0 Å². The van der Waals surface area contributed by atoms with E-state index in [0.29, 0.717) is 38.3 Å². The third-order valence-electron chi connectivity index (χ3n) is 3.86. The monoisotopic (exact) mass is 335 g/mol. The number of nitrogens with zero attached hydrogens (tertiary/aromatic N) is 3. The van der Waals surface area contributed by atoms with Crippen molar-refractivity contribution in [3.8, 4) is 0 Å². The summed E-state index contributed by atoms with van der Waals surface area (Å²) in [5, 5.41) is 11.2. The van der Waals surface area contributed by atoms with Crippen molar-refractivity contribution >= 4 is 11.8 Å². The molecule has 0 spiro atoms. The van der Waals surface area contributed by atoms with Gasteiger partial charge in [-0.3, -0.25) is 15.0 Å². The van der Waals surface area contributed by atoms with Gasteiger partial charge in [-0.1, -0.05) is 12.1 Å². The molecule has 1 aliphatic heterocycles. The number of carbonyl (C=O) groups excluding carboxylic acids is 1. The zero-order valence-corrected chi connectivity index (χ0v) is 14.7. The van der Waals surface area contributed by atoms with Gasteiger partial charge in [0.25, 0.3) is 5.69 Å². The first-order valence-electron chi connectivity index (χ1n) is 8.10. The van der Waals surface area contributed by atoms with Gasteiger partial charge >= 0.3 is 6.09 Å². The minimum absolute atomic E-state index is 0.157. The number of aryl methyl sites for hydroxylation is 1. The maximum atomic E-state index is 12.1. The number of rotatable bonds is 3. The molecule has 132 valence electrons. The highest BCUT2D eigenvalue weighted by Gasteiger charge is 2.26. The number of benzene rings is 1. The lowest BCUT2D eigenvalue weighted by atomic mass is 10.1. The number of nitro benzene ring substituents is 1. The number of carbonyl (C=O) groups is 1. The average Bonchev–Trinajstić information content (AvgIpc) is 2.48. The SMILES string of the molecule is Cc1ccc(CN2CCN(C(=O)OC(C)(C)C)CC2)c([N+](=O)[O-])c1. The fourth-order valence-electron chi connectivity index (χ4n) is 2.63. The first-order valence-corrected chi connectivity index (χ1v) is 8.10. The number of hydrogen-bond donors (Lipinski definition) is 0. The van der Waals surface area contributed by atoms with Crippen LogP contribution in [-0.2, 0) is 11.3 Å².